The first-order valence-electron chi connectivity index (χ1n) is 7.15. The Morgan fingerprint density at radius 3 is 1.70 bits per heavy atom. The molecule has 2 heterocycles. The highest BCUT2D eigenvalue weighted by molar-refractivity contribution is 4.93. The third kappa shape index (κ3) is 3.65. The highest BCUT2D eigenvalue weighted by Crippen LogP contribution is 2.27. The molecule has 0 bridgehead atoms. The van der Waals surface area contributed by atoms with Crippen LogP contribution in [0.5, 0.6) is 0 Å². The Hall–Kier alpha value is -0.440. The van der Waals surface area contributed by atoms with E-state index in [4.69, 9.17) is 30.2 Å². The largest absolute Gasteiger partial charge is 0.394 e. The van der Waals surface area contributed by atoms with Gasteiger partial charge in [-0.05, 0) is 0 Å². The summed E-state index contributed by atoms with van der Waals surface area (Å²) in [4.78, 5) is 0. The molecule has 9 N–H and O–H groups in total. The lowest BCUT2D eigenvalue weighted by Gasteiger charge is -2.44. The predicted octanol–water partition coefficient (Wildman–Crippen LogP) is -5.43. The molecular formula is C12H23NO10. The zero-order valence-electron chi connectivity index (χ0n) is 12.1. The second-order valence-corrected chi connectivity index (χ2v) is 5.62. The Balaban J connectivity index is 2.07. The second kappa shape index (κ2) is 7.63. The van der Waals surface area contributed by atoms with Gasteiger partial charge in [0.15, 0.2) is 12.6 Å². The van der Waals surface area contributed by atoms with E-state index in [2.05, 4.69) is 0 Å². The van der Waals surface area contributed by atoms with Crippen molar-refractivity contribution in [3.05, 3.63) is 0 Å². The summed E-state index contributed by atoms with van der Waals surface area (Å²) in [5, 5.41) is 67.1. The van der Waals surface area contributed by atoms with Gasteiger partial charge in [-0.1, -0.05) is 0 Å². The van der Waals surface area contributed by atoms with Gasteiger partial charge in [0.1, 0.15) is 42.7 Å². The summed E-state index contributed by atoms with van der Waals surface area (Å²) in [5.41, 5.74) is 5.62. The Bertz CT molecular complexity index is 349. The highest BCUT2D eigenvalue weighted by atomic mass is 16.8. The van der Waals surface area contributed by atoms with Gasteiger partial charge in [-0.2, -0.15) is 0 Å². The Morgan fingerprint density at radius 2 is 1.17 bits per heavy atom. The van der Waals surface area contributed by atoms with Crippen LogP contribution in [0.2, 0.25) is 0 Å². The Labute approximate surface area is 131 Å². The monoisotopic (exact) mass is 341 g/mol. The van der Waals surface area contributed by atoms with Crippen LogP contribution in [0.1, 0.15) is 0 Å². The van der Waals surface area contributed by atoms with Crippen molar-refractivity contribution in [2.45, 2.75) is 61.3 Å². The average molecular weight is 341 g/mol. The maximum atomic E-state index is 9.96. The lowest BCUT2D eigenvalue weighted by atomic mass is 9.97. The maximum Gasteiger partial charge on any atom is 0.189 e. The van der Waals surface area contributed by atoms with Gasteiger partial charge < -0.3 is 55.7 Å². The number of aliphatic hydroxyl groups is 7. The van der Waals surface area contributed by atoms with E-state index in [0.29, 0.717) is 0 Å². The van der Waals surface area contributed by atoms with Crippen molar-refractivity contribution in [1.82, 2.24) is 0 Å². The minimum absolute atomic E-state index is 0.587. The van der Waals surface area contributed by atoms with Crippen LogP contribution in [0.4, 0.5) is 0 Å². The zero-order valence-corrected chi connectivity index (χ0v) is 12.1. The third-order valence-corrected chi connectivity index (χ3v) is 4.05. The standard InChI is InChI=1S/C12H23NO10/c13-5-6(16)3(1-14)21-11(8(5)18)23-12-10(20)9(19)7(17)4(2-15)22-12/h3-12,14-20H,1-2,13H2/t3-,4-,5+,6-,7-,8+,9+,10+,11-,12-/m1/s1. The van der Waals surface area contributed by atoms with E-state index in [1.807, 2.05) is 0 Å². The predicted molar refractivity (Wildman–Crippen MR) is 70.6 cm³/mol. The lowest BCUT2D eigenvalue weighted by Crippen LogP contribution is -2.65. The Kier molecular flexibility index (Phi) is 6.27. The molecule has 0 unspecified atom stereocenters. The SMILES string of the molecule is N[C@@H]1[C@H](O)[C@@H](O[C@H]2O[C@H](CO)[C@@H](O)[C@H](O)[C@@H]2O)O[C@H](CO)[C@H]1O. The van der Waals surface area contributed by atoms with Crippen molar-refractivity contribution in [3.63, 3.8) is 0 Å². The summed E-state index contributed by atoms with van der Waals surface area (Å²) in [6.07, 6.45) is -13.0. The molecule has 2 fully saturated rings. The number of nitrogens with two attached hydrogens (primary N) is 1. The summed E-state index contributed by atoms with van der Waals surface area (Å²) >= 11 is 0. The van der Waals surface area contributed by atoms with Gasteiger partial charge in [0.25, 0.3) is 0 Å². The molecule has 11 heteroatoms. The average Bonchev–Trinajstić information content (AvgIpc) is 2.55. The molecule has 0 aromatic heterocycles. The lowest BCUT2D eigenvalue weighted by molar-refractivity contribution is -0.368. The third-order valence-electron chi connectivity index (χ3n) is 4.05. The second-order valence-electron chi connectivity index (χ2n) is 5.62. The van der Waals surface area contributed by atoms with Gasteiger partial charge in [-0.25, -0.2) is 0 Å². The summed E-state index contributed by atoms with van der Waals surface area (Å²) < 4.78 is 15.5. The highest BCUT2D eigenvalue weighted by Gasteiger charge is 2.49. The molecule has 0 saturated carbocycles. The molecule has 2 rings (SSSR count). The molecule has 0 radical (unpaired) electrons. The first kappa shape index (κ1) is 18.9. The van der Waals surface area contributed by atoms with Crippen LogP contribution >= 0.6 is 0 Å². The zero-order chi connectivity index (χ0) is 17.3. The normalized spacial score (nSPS) is 51.7. The van der Waals surface area contributed by atoms with Crippen LogP contribution in [0.15, 0.2) is 0 Å². The molecule has 10 atom stereocenters. The molecule has 11 nitrogen and oxygen atoms in total. The fourth-order valence-electron chi connectivity index (χ4n) is 2.54. The van der Waals surface area contributed by atoms with Gasteiger partial charge in [0.05, 0.1) is 19.3 Å². The quantitative estimate of drug-likeness (QED) is 0.243. The first-order valence-corrected chi connectivity index (χ1v) is 7.15. The smallest absolute Gasteiger partial charge is 0.189 e. The first-order chi connectivity index (χ1) is 10.8. The molecule has 2 saturated heterocycles. The van der Waals surface area contributed by atoms with E-state index >= 15 is 0 Å². The van der Waals surface area contributed by atoms with E-state index in [1.165, 1.54) is 0 Å². The van der Waals surface area contributed by atoms with E-state index in [-0.39, 0.29) is 0 Å². The van der Waals surface area contributed by atoms with Gasteiger partial charge in [-0.3, -0.25) is 0 Å². The van der Waals surface area contributed by atoms with Gasteiger partial charge >= 0.3 is 0 Å². The van der Waals surface area contributed by atoms with E-state index in [1.54, 1.807) is 0 Å². The number of aliphatic hydroxyl groups excluding tert-OH is 7. The van der Waals surface area contributed by atoms with Crippen molar-refractivity contribution in [1.29, 1.82) is 0 Å². The van der Waals surface area contributed by atoms with Crippen LogP contribution in [-0.2, 0) is 14.2 Å². The minimum Gasteiger partial charge on any atom is -0.394 e. The van der Waals surface area contributed by atoms with Gasteiger partial charge in [-0.15, -0.1) is 0 Å². The van der Waals surface area contributed by atoms with Gasteiger partial charge in [0.2, 0.25) is 0 Å². The molecule has 0 amide bonds. The van der Waals surface area contributed by atoms with Gasteiger partial charge in [0, 0.05) is 0 Å². The molecule has 0 aromatic rings. The molecule has 0 aliphatic carbocycles. The van der Waals surface area contributed by atoms with Crippen LogP contribution in [-0.4, -0.2) is 110 Å². The van der Waals surface area contributed by atoms with Crippen LogP contribution in [0.3, 0.4) is 0 Å². The van der Waals surface area contributed by atoms with Crippen molar-refractivity contribution in [2.24, 2.45) is 5.73 Å². The summed E-state index contributed by atoms with van der Waals surface area (Å²) in [6.45, 7) is -1.23. The van der Waals surface area contributed by atoms with Crippen LogP contribution < -0.4 is 5.73 Å². The fourth-order valence-corrected chi connectivity index (χ4v) is 2.54. The molecule has 136 valence electrons. The van der Waals surface area contributed by atoms with Crippen LogP contribution in [0, 0.1) is 0 Å². The van der Waals surface area contributed by atoms with Crippen molar-refractivity contribution in [3.8, 4) is 0 Å². The van der Waals surface area contributed by atoms with Crippen molar-refractivity contribution < 1.29 is 50.0 Å². The molecule has 2 aliphatic heterocycles. The van der Waals surface area contributed by atoms with Crippen molar-refractivity contribution >= 4 is 0 Å². The topological polar surface area (TPSA) is 195 Å². The number of ether oxygens (including phenoxy) is 3. The van der Waals surface area contributed by atoms with E-state index in [0.717, 1.165) is 0 Å². The molecule has 0 spiro atoms. The summed E-state index contributed by atoms with van der Waals surface area (Å²) in [5.74, 6) is 0. The molecule has 23 heavy (non-hydrogen) atoms. The molecule has 0 aromatic carbocycles. The summed E-state index contributed by atoms with van der Waals surface area (Å²) in [7, 11) is 0. The Morgan fingerprint density at radius 1 is 0.696 bits per heavy atom. The van der Waals surface area contributed by atoms with Crippen molar-refractivity contribution in [2.75, 3.05) is 13.2 Å². The summed E-state index contributed by atoms with van der Waals surface area (Å²) in [6, 6.07) is -1.18. The van der Waals surface area contributed by atoms with Crippen LogP contribution in [0.25, 0.3) is 0 Å². The number of rotatable bonds is 4. The molecular weight excluding hydrogens is 318 g/mol. The van der Waals surface area contributed by atoms with E-state index < -0.39 is 74.6 Å². The number of hydrogen-bond acceptors (Lipinski definition) is 11. The number of hydrogen-bond donors (Lipinski definition) is 8. The van der Waals surface area contributed by atoms with E-state index in [9.17, 15) is 25.5 Å². The molecule has 2 aliphatic rings. The maximum absolute atomic E-state index is 9.96. The minimum atomic E-state index is -1.68. The fraction of sp³-hybridized carbons (Fsp3) is 1.00.